The number of hydrogen-bond acceptors (Lipinski definition) is 2. The summed E-state index contributed by atoms with van der Waals surface area (Å²) < 4.78 is 27.1. The van der Waals surface area contributed by atoms with Crippen LogP contribution in [0.15, 0.2) is 18.2 Å². The maximum Gasteiger partial charge on any atom is 0.231 e. The Hall–Kier alpha value is -1.49. The maximum absolute atomic E-state index is 14.1. The van der Waals surface area contributed by atoms with Gasteiger partial charge in [-0.2, -0.15) is 0 Å². The lowest BCUT2D eigenvalue weighted by Gasteiger charge is -2.30. The van der Waals surface area contributed by atoms with Crippen molar-refractivity contribution < 1.29 is 18.7 Å². The third-order valence-corrected chi connectivity index (χ3v) is 3.99. The Morgan fingerprint density at radius 2 is 2.05 bits per heavy atom. The van der Waals surface area contributed by atoms with Gasteiger partial charge in [-0.3, -0.25) is 4.79 Å². The van der Waals surface area contributed by atoms with E-state index in [1.807, 2.05) is 0 Å². The first kappa shape index (κ1) is 14.9. The van der Waals surface area contributed by atoms with Gasteiger partial charge in [-0.15, -0.1) is 0 Å². The van der Waals surface area contributed by atoms with Crippen molar-refractivity contribution in [3.63, 3.8) is 0 Å². The van der Waals surface area contributed by atoms with Crippen LogP contribution in [0, 0.1) is 11.6 Å². The molecule has 1 amide bonds. The standard InChI is InChI=1S/C15H19F2NO2/c1-10(9-19)18-14(20)15(6-2-3-7-15)12-5-4-11(16)8-13(12)17/h4-5,8,10,19H,2-3,6-7,9H2,1H3,(H,18,20). The van der Waals surface area contributed by atoms with Gasteiger partial charge in [-0.05, 0) is 25.8 Å². The van der Waals surface area contributed by atoms with Crippen molar-refractivity contribution in [2.45, 2.75) is 44.1 Å². The van der Waals surface area contributed by atoms with Crippen LogP contribution < -0.4 is 5.32 Å². The van der Waals surface area contributed by atoms with Crippen LogP contribution >= 0.6 is 0 Å². The van der Waals surface area contributed by atoms with E-state index < -0.39 is 17.0 Å². The molecule has 1 atom stereocenters. The number of rotatable bonds is 4. The van der Waals surface area contributed by atoms with Gasteiger partial charge in [0.15, 0.2) is 0 Å². The molecule has 0 aliphatic heterocycles. The summed E-state index contributed by atoms with van der Waals surface area (Å²) in [5.74, 6) is -1.62. The van der Waals surface area contributed by atoms with Crippen LogP contribution in [-0.2, 0) is 10.2 Å². The first-order valence-corrected chi connectivity index (χ1v) is 6.87. The molecule has 0 heterocycles. The molecule has 1 saturated carbocycles. The summed E-state index contributed by atoms with van der Waals surface area (Å²) in [4.78, 5) is 12.5. The summed E-state index contributed by atoms with van der Waals surface area (Å²) in [5.41, 5.74) is -0.694. The van der Waals surface area contributed by atoms with Crippen molar-refractivity contribution in [2.75, 3.05) is 6.61 Å². The molecule has 1 fully saturated rings. The zero-order valence-corrected chi connectivity index (χ0v) is 11.5. The van der Waals surface area contributed by atoms with Crippen LogP contribution in [0.3, 0.4) is 0 Å². The van der Waals surface area contributed by atoms with Crippen LogP contribution in [0.1, 0.15) is 38.2 Å². The monoisotopic (exact) mass is 283 g/mol. The molecule has 110 valence electrons. The minimum atomic E-state index is -0.943. The quantitative estimate of drug-likeness (QED) is 0.890. The van der Waals surface area contributed by atoms with E-state index in [1.54, 1.807) is 6.92 Å². The Kier molecular flexibility index (Phi) is 4.38. The van der Waals surface area contributed by atoms with E-state index in [0.717, 1.165) is 18.9 Å². The van der Waals surface area contributed by atoms with Crippen LogP contribution in [-0.4, -0.2) is 23.7 Å². The molecule has 2 N–H and O–H groups in total. The molecule has 20 heavy (non-hydrogen) atoms. The Bertz CT molecular complexity index is 499. The third kappa shape index (κ3) is 2.68. The minimum absolute atomic E-state index is 0.173. The number of carbonyl (C=O) groups is 1. The fraction of sp³-hybridized carbons (Fsp3) is 0.533. The second-order valence-electron chi connectivity index (χ2n) is 5.47. The van der Waals surface area contributed by atoms with Gasteiger partial charge in [0, 0.05) is 17.7 Å². The molecule has 0 saturated heterocycles. The molecule has 0 spiro atoms. The largest absolute Gasteiger partial charge is 0.394 e. The van der Waals surface area contributed by atoms with Gasteiger partial charge in [0.05, 0.1) is 12.0 Å². The molecular weight excluding hydrogens is 264 g/mol. The maximum atomic E-state index is 14.1. The number of amides is 1. The summed E-state index contributed by atoms with van der Waals surface area (Å²) in [7, 11) is 0. The Morgan fingerprint density at radius 1 is 1.40 bits per heavy atom. The summed E-state index contributed by atoms with van der Waals surface area (Å²) >= 11 is 0. The molecular formula is C15H19F2NO2. The van der Waals surface area contributed by atoms with Crippen molar-refractivity contribution in [1.82, 2.24) is 5.32 Å². The Morgan fingerprint density at radius 3 is 2.60 bits per heavy atom. The van der Waals surface area contributed by atoms with Gasteiger partial charge in [0.25, 0.3) is 0 Å². The van der Waals surface area contributed by atoms with Gasteiger partial charge >= 0.3 is 0 Å². The molecule has 1 aromatic carbocycles. The zero-order chi connectivity index (χ0) is 14.8. The number of aliphatic hydroxyl groups is 1. The lowest BCUT2D eigenvalue weighted by atomic mass is 9.77. The Labute approximate surface area is 117 Å². The van der Waals surface area contributed by atoms with Crippen LogP contribution in [0.25, 0.3) is 0 Å². The average molecular weight is 283 g/mol. The van der Waals surface area contributed by atoms with E-state index in [0.29, 0.717) is 12.8 Å². The normalized spacial score (nSPS) is 18.8. The fourth-order valence-electron chi connectivity index (χ4n) is 2.88. The lowest BCUT2D eigenvalue weighted by molar-refractivity contribution is -0.127. The molecule has 1 aliphatic carbocycles. The van der Waals surface area contributed by atoms with E-state index in [1.165, 1.54) is 12.1 Å². The third-order valence-electron chi connectivity index (χ3n) is 3.99. The summed E-state index contributed by atoms with van der Waals surface area (Å²) in [6.07, 6.45) is 2.74. The van der Waals surface area contributed by atoms with Crippen LogP contribution in [0.4, 0.5) is 8.78 Å². The lowest BCUT2D eigenvalue weighted by Crippen LogP contribution is -2.47. The number of aliphatic hydroxyl groups excluding tert-OH is 1. The second kappa shape index (κ2) is 5.87. The highest BCUT2D eigenvalue weighted by molar-refractivity contribution is 5.88. The van der Waals surface area contributed by atoms with Gasteiger partial charge in [-0.1, -0.05) is 18.9 Å². The van der Waals surface area contributed by atoms with E-state index in [2.05, 4.69) is 5.32 Å². The zero-order valence-electron chi connectivity index (χ0n) is 11.5. The number of halogens is 2. The van der Waals surface area contributed by atoms with Gasteiger partial charge < -0.3 is 10.4 Å². The van der Waals surface area contributed by atoms with Crippen molar-refractivity contribution in [3.05, 3.63) is 35.4 Å². The molecule has 5 heteroatoms. The number of benzene rings is 1. The topological polar surface area (TPSA) is 49.3 Å². The molecule has 0 bridgehead atoms. The van der Waals surface area contributed by atoms with E-state index in [4.69, 9.17) is 5.11 Å². The van der Waals surface area contributed by atoms with Gasteiger partial charge in [-0.25, -0.2) is 8.78 Å². The summed E-state index contributed by atoms with van der Waals surface area (Å²) in [5, 5.41) is 11.7. The van der Waals surface area contributed by atoms with Crippen LogP contribution in [0.2, 0.25) is 0 Å². The van der Waals surface area contributed by atoms with Gasteiger partial charge in [0.1, 0.15) is 11.6 Å². The van der Waals surface area contributed by atoms with Gasteiger partial charge in [0.2, 0.25) is 5.91 Å². The molecule has 1 unspecified atom stereocenters. The Balaban J connectivity index is 2.36. The number of nitrogens with one attached hydrogen (secondary N) is 1. The highest BCUT2D eigenvalue weighted by Crippen LogP contribution is 2.42. The van der Waals surface area contributed by atoms with Crippen molar-refractivity contribution in [2.24, 2.45) is 0 Å². The highest BCUT2D eigenvalue weighted by atomic mass is 19.1. The predicted molar refractivity (Wildman–Crippen MR) is 71.2 cm³/mol. The summed E-state index contributed by atoms with van der Waals surface area (Å²) in [6.45, 7) is 1.51. The molecule has 3 nitrogen and oxygen atoms in total. The minimum Gasteiger partial charge on any atom is -0.394 e. The fourth-order valence-corrected chi connectivity index (χ4v) is 2.88. The van der Waals surface area contributed by atoms with Crippen molar-refractivity contribution in [1.29, 1.82) is 0 Å². The number of hydrogen-bond donors (Lipinski definition) is 2. The smallest absolute Gasteiger partial charge is 0.231 e. The first-order valence-electron chi connectivity index (χ1n) is 6.87. The van der Waals surface area contributed by atoms with E-state index in [-0.39, 0.29) is 24.1 Å². The predicted octanol–water partition coefficient (Wildman–Crippen LogP) is 2.27. The average Bonchev–Trinajstić information content (AvgIpc) is 2.89. The van der Waals surface area contributed by atoms with Crippen LogP contribution in [0.5, 0.6) is 0 Å². The second-order valence-corrected chi connectivity index (χ2v) is 5.47. The number of carbonyl (C=O) groups excluding carboxylic acids is 1. The first-order chi connectivity index (χ1) is 9.49. The van der Waals surface area contributed by atoms with Crippen molar-refractivity contribution >= 4 is 5.91 Å². The highest BCUT2D eigenvalue weighted by Gasteiger charge is 2.44. The molecule has 0 aromatic heterocycles. The molecule has 1 aliphatic rings. The SMILES string of the molecule is CC(CO)NC(=O)C1(c2ccc(F)cc2F)CCCC1. The molecule has 1 aromatic rings. The molecule has 2 rings (SSSR count). The van der Waals surface area contributed by atoms with Crippen molar-refractivity contribution in [3.8, 4) is 0 Å². The summed E-state index contributed by atoms with van der Waals surface area (Å²) in [6, 6.07) is 2.97. The van der Waals surface area contributed by atoms with E-state index in [9.17, 15) is 13.6 Å². The molecule has 0 radical (unpaired) electrons. The van der Waals surface area contributed by atoms with E-state index >= 15 is 0 Å².